The molecule has 4 aromatic rings. The average molecular weight is 561 g/mol. The summed E-state index contributed by atoms with van der Waals surface area (Å²) < 4.78 is 31.9. The summed E-state index contributed by atoms with van der Waals surface area (Å²) in [7, 11) is -3.53. The van der Waals surface area contributed by atoms with Crippen molar-refractivity contribution in [1.29, 1.82) is 0 Å². The van der Waals surface area contributed by atoms with Gasteiger partial charge in [-0.3, -0.25) is 5.10 Å². The molecule has 0 unspecified atom stereocenters. The number of carbonyl (C=O) groups is 1. The SMILES string of the molecule is CC(C)(C)OC(=O)N1CCC(S(=O)(=O)c2ccc(Nc3ncc(/C=C/c4cccc5[nH]ncc45)cn3)cc2)CC1. The highest BCUT2D eigenvalue weighted by molar-refractivity contribution is 7.92. The number of fused-ring (bicyclic) bond motifs is 1. The van der Waals surface area contributed by atoms with Crippen molar-refractivity contribution < 1.29 is 17.9 Å². The van der Waals surface area contributed by atoms with Gasteiger partial charge in [-0.25, -0.2) is 23.2 Å². The number of anilines is 2. The molecule has 0 atom stereocenters. The van der Waals surface area contributed by atoms with Crippen LogP contribution in [0.25, 0.3) is 23.1 Å². The van der Waals surface area contributed by atoms with E-state index in [0.717, 1.165) is 22.0 Å². The molecule has 2 aromatic heterocycles. The highest BCUT2D eigenvalue weighted by Crippen LogP contribution is 2.27. The Kier molecular flexibility index (Phi) is 7.57. The maximum Gasteiger partial charge on any atom is 0.410 e. The Morgan fingerprint density at radius 1 is 1.02 bits per heavy atom. The fourth-order valence-corrected chi connectivity index (χ4v) is 6.27. The van der Waals surface area contributed by atoms with E-state index in [-0.39, 0.29) is 4.90 Å². The molecular weight excluding hydrogens is 528 g/mol. The van der Waals surface area contributed by atoms with Gasteiger partial charge in [0.25, 0.3) is 0 Å². The van der Waals surface area contributed by atoms with E-state index in [1.807, 2.05) is 51.1 Å². The van der Waals surface area contributed by atoms with E-state index in [4.69, 9.17) is 4.74 Å². The standard InChI is InChI=1S/C29H32N6O4S/c1-29(2,3)39-28(36)35-15-13-24(14-16-35)40(37,38)23-11-9-22(10-12-23)33-27-30-17-20(18-31-27)7-8-21-5-4-6-26-25(21)19-32-34-26/h4-12,17-19,24H,13-16H2,1-3H3,(H,32,34)(H,30,31,33)/b8-7+. The fraction of sp³-hybridized carbons (Fsp3) is 0.310. The van der Waals surface area contributed by atoms with E-state index in [1.165, 1.54) is 0 Å². The van der Waals surface area contributed by atoms with Crippen LogP contribution in [0.2, 0.25) is 0 Å². The quantitative estimate of drug-likeness (QED) is 0.319. The van der Waals surface area contributed by atoms with Gasteiger partial charge in [0.2, 0.25) is 5.95 Å². The van der Waals surface area contributed by atoms with Crippen LogP contribution in [0.15, 0.2) is 66.0 Å². The number of ether oxygens (including phenoxy) is 1. The van der Waals surface area contributed by atoms with Crippen LogP contribution in [-0.4, -0.2) is 63.5 Å². The summed E-state index contributed by atoms with van der Waals surface area (Å²) in [5.41, 5.74) is 2.94. The minimum absolute atomic E-state index is 0.253. The van der Waals surface area contributed by atoms with Crippen molar-refractivity contribution in [3.8, 4) is 0 Å². The summed E-state index contributed by atoms with van der Waals surface area (Å²) >= 11 is 0. The van der Waals surface area contributed by atoms with Crippen molar-refractivity contribution in [3.63, 3.8) is 0 Å². The minimum atomic E-state index is -3.53. The first-order valence-corrected chi connectivity index (χ1v) is 14.6. The molecule has 40 heavy (non-hydrogen) atoms. The number of piperidine rings is 1. The molecule has 1 aliphatic rings. The topological polar surface area (TPSA) is 130 Å². The molecule has 2 N–H and O–H groups in total. The lowest BCUT2D eigenvalue weighted by molar-refractivity contribution is 0.0217. The number of likely N-dealkylation sites (tertiary alicyclic amines) is 1. The Bertz CT molecular complexity index is 1620. The lowest BCUT2D eigenvalue weighted by atomic mass is 10.1. The van der Waals surface area contributed by atoms with Crippen LogP contribution in [0.1, 0.15) is 44.7 Å². The predicted molar refractivity (Wildman–Crippen MR) is 155 cm³/mol. The van der Waals surface area contributed by atoms with Crippen LogP contribution in [-0.2, 0) is 14.6 Å². The Balaban J connectivity index is 1.18. The smallest absolute Gasteiger partial charge is 0.410 e. The second-order valence-corrected chi connectivity index (χ2v) is 12.9. The number of nitrogens with zero attached hydrogens (tertiary/aromatic N) is 4. The molecule has 1 fully saturated rings. The highest BCUT2D eigenvalue weighted by Gasteiger charge is 2.34. The van der Waals surface area contributed by atoms with Gasteiger partial charge in [0.15, 0.2) is 9.84 Å². The molecule has 5 rings (SSSR count). The number of hydrogen-bond acceptors (Lipinski definition) is 8. The number of sulfone groups is 1. The molecule has 208 valence electrons. The highest BCUT2D eigenvalue weighted by atomic mass is 32.2. The maximum atomic E-state index is 13.2. The third-order valence-electron chi connectivity index (χ3n) is 6.62. The van der Waals surface area contributed by atoms with Gasteiger partial charge in [-0.15, -0.1) is 0 Å². The van der Waals surface area contributed by atoms with Crippen molar-refractivity contribution in [1.82, 2.24) is 25.1 Å². The van der Waals surface area contributed by atoms with E-state index >= 15 is 0 Å². The molecule has 1 saturated heterocycles. The first kappa shape index (κ1) is 27.3. The van der Waals surface area contributed by atoms with Crippen molar-refractivity contribution in [2.75, 3.05) is 18.4 Å². The second kappa shape index (κ2) is 11.1. The Morgan fingerprint density at radius 2 is 1.73 bits per heavy atom. The van der Waals surface area contributed by atoms with Gasteiger partial charge in [0.1, 0.15) is 5.60 Å². The molecule has 0 aliphatic carbocycles. The fourth-order valence-electron chi connectivity index (χ4n) is 4.54. The first-order valence-electron chi connectivity index (χ1n) is 13.1. The molecule has 10 nitrogen and oxygen atoms in total. The Hall–Kier alpha value is -4.25. The Morgan fingerprint density at radius 3 is 2.40 bits per heavy atom. The van der Waals surface area contributed by atoms with Crippen LogP contribution in [0.5, 0.6) is 0 Å². The molecular formula is C29H32N6O4S. The van der Waals surface area contributed by atoms with Crippen LogP contribution < -0.4 is 5.32 Å². The van der Waals surface area contributed by atoms with Gasteiger partial charge < -0.3 is 15.0 Å². The lowest BCUT2D eigenvalue weighted by Crippen LogP contribution is -2.44. The van der Waals surface area contributed by atoms with Crippen molar-refractivity contribution >= 4 is 50.6 Å². The first-order chi connectivity index (χ1) is 19.1. The summed E-state index contributed by atoms with van der Waals surface area (Å²) in [5.74, 6) is 0.402. The van der Waals surface area contributed by atoms with Crippen LogP contribution in [0.3, 0.4) is 0 Å². The molecule has 0 radical (unpaired) electrons. The number of H-pyrrole nitrogens is 1. The number of benzene rings is 2. The van der Waals surface area contributed by atoms with Gasteiger partial charge in [0.05, 0.1) is 21.9 Å². The van der Waals surface area contributed by atoms with Gasteiger partial charge in [0, 0.05) is 42.1 Å². The number of nitrogens with one attached hydrogen (secondary N) is 2. The number of aromatic nitrogens is 4. The molecule has 1 aliphatic heterocycles. The third-order valence-corrected chi connectivity index (χ3v) is 8.90. The Labute approximate surface area is 233 Å². The van der Waals surface area contributed by atoms with Crippen molar-refractivity contribution in [2.45, 2.75) is 49.4 Å². The van der Waals surface area contributed by atoms with E-state index in [0.29, 0.717) is 37.6 Å². The monoisotopic (exact) mass is 560 g/mol. The van der Waals surface area contributed by atoms with E-state index in [9.17, 15) is 13.2 Å². The zero-order valence-corrected chi connectivity index (χ0v) is 23.5. The minimum Gasteiger partial charge on any atom is -0.444 e. The average Bonchev–Trinajstić information content (AvgIpc) is 3.42. The van der Waals surface area contributed by atoms with Crippen LogP contribution in [0.4, 0.5) is 16.4 Å². The third kappa shape index (κ3) is 6.31. The summed E-state index contributed by atoms with van der Waals surface area (Å²) in [6.45, 7) is 6.13. The summed E-state index contributed by atoms with van der Waals surface area (Å²) in [4.78, 5) is 22.9. The van der Waals surface area contributed by atoms with Gasteiger partial charge in [-0.2, -0.15) is 5.10 Å². The number of hydrogen-bond donors (Lipinski definition) is 2. The molecule has 3 heterocycles. The summed E-state index contributed by atoms with van der Waals surface area (Å²) in [6, 6.07) is 12.5. The number of rotatable bonds is 6. The molecule has 2 aromatic carbocycles. The van der Waals surface area contributed by atoms with E-state index < -0.39 is 26.8 Å². The summed E-state index contributed by atoms with van der Waals surface area (Å²) in [6.07, 6.45) is 9.48. The molecule has 0 spiro atoms. The predicted octanol–water partition coefficient (Wildman–Crippen LogP) is 5.44. The van der Waals surface area contributed by atoms with Crippen molar-refractivity contribution in [3.05, 3.63) is 72.2 Å². The van der Waals surface area contributed by atoms with Crippen molar-refractivity contribution in [2.24, 2.45) is 0 Å². The molecule has 1 amide bonds. The lowest BCUT2D eigenvalue weighted by Gasteiger charge is -2.33. The van der Waals surface area contributed by atoms with Gasteiger partial charge in [-0.05, 0) is 69.5 Å². The second-order valence-electron chi connectivity index (χ2n) is 10.7. The van der Waals surface area contributed by atoms with Crippen LogP contribution in [0, 0.1) is 0 Å². The largest absolute Gasteiger partial charge is 0.444 e. The number of carbonyl (C=O) groups excluding carboxylic acids is 1. The van der Waals surface area contributed by atoms with E-state index in [2.05, 4.69) is 25.5 Å². The van der Waals surface area contributed by atoms with Gasteiger partial charge in [-0.1, -0.05) is 24.3 Å². The summed E-state index contributed by atoms with van der Waals surface area (Å²) in [5, 5.41) is 10.6. The number of aromatic amines is 1. The molecule has 0 bridgehead atoms. The van der Waals surface area contributed by atoms with Gasteiger partial charge >= 0.3 is 6.09 Å². The molecule has 0 saturated carbocycles. The van der Waals surface area contributed by atoms with E-state index in [1.54, 1.807) is 47.8 Å². The van der Waals surface area contributed by atoms with Crippen LogP contribution >= 0.6 is 0 Å². The number of amides is 1. The molecule has 11 heteroatoms. The zero-order chi connectivity index (χ0) is 28.3. The zero-order valence-electron chi connectivity index (χ0n) is 22.7. The maximum absolute atomic E-state index is 13.2. The normalized spacial score (nSPS) is 15.0.